The third kappa shape index (κ3) is 3.22. The van der Waals surface area contributed by atoms with Gasteiger partial charge in [-0.05, 0) is 50.0 Å². The van der Waals surface area contributed by atoms with Gasteiger partial charge in [-0.3, -0.25) is 4.79 Å². The van der Waals surface area contributed by atoms with E-state index in [1.54, 1.807) is 12.1 Å². The lowest BCUT2D eigenvalue weighted by Gasteiger charge is -2.05. The number of carbonyl (C=O) groups excluding carboxylic acids is 2. The number of aryl methyl sites for hydroxylation is 2. The van der Waals surface area contributed by atoms with E-state index in [0.29, 0.717) is 16.3 Å². The average Bonchev–Trinajstić information content (AvgIpc) is 3.20. The molecule has 120 valence electrons. The number of furan rings is 1. The SMILES string of the molecule is COC(=O)c1c(NC(=O)/C=C/c2ccc(C)o2)sc2c1CCC2. The first-order valence-electron chi connectivity index (χ1n) is 7.37. The molecule has 0 saturated heterocycles. The molecule has 2 aromatic heterocycles. The standard InChI is InChI=1S/C17H17NO4S/c1-10-6-7-11(22-10)8-9-14(19)18-16-15(17(20)21-2)12-4-3-5-13(12)23-16/h6-9H,3-5H2,1-2H3,(H,18,19)/b9-8+. The second-order valence-electron chi connectivity index (χ2n) is 5.32. The monoisotopic (exact) mass is 331 g/mol. The van der Waals surface area contributed by atoms with Gasteiger partial charge in [0.1, 0.15) is 16.5 Å². The highest BCUT2D eigenvalue weighted by Gasteiger charge is 2.27. The Morgan fingerprint density at radius 3 is 2.87 bits per heavy atom. The molecule has 0 saturated carbocycles. The summed E-state index contributed by atoms with van der Waals surface area (Å²) < 4.78 is 10.2. The van der Waals surface area contributed by atoms with Gasteiger partial charge in [0.15, 0.2) is 0 Å². The van der Waals surface area contributed by atoms with Gasteiger partial charge in [-0.2, -0.15) is 0 Å². The van der Waals surface area contributed by atoms with Crippen LogP contribution in [0.25, 0.3) is 6.08 Å². The Labute approximate surface area is 137 Å². The first-order valence-corrected chi connectivity index (χ1v) is 8.18. The van der Waals surface area contributed by atoms with E-state index in [9.17, 15) is 9.59 Å². The van der Waals surface area contributed by atoms with Gasteiger partial charge in [-0.25, -0.2) is 4.79 Å². The number of hydrogen-bond acceptors (Lipinski definition) is 5. The summed E-state index contributed by atoms with van der Waals surface area (Å²) in [5.74, 6) is 0.696. The van der Waals surface area contributed by atoms with Crippen LogP contribution in [0.2, 0.25) is 0 Å². The maximum atomic E-state index is 12.1. The van der Waals surface area contributed by atoms with Crippen LogP contribution in [0.5, 0.6) is 0 Å². The Kier molecular flexibility index (Phi) is 4.34. The molecule has 0 bridgehead atoms. The second-order valence-corrected chi connectivity index (χ2v) is 6.43. The van der Waals surface area contributed by atoms with E-state index in [4.69, 9.17) is 9.15 Å². The van der Waals surface area contributed by atoms with Crippen LogP contribution in [-0.2, 0) is 22.4 Å². The number of methoxy groups -OCH3 is 1. The summed E-state index contributed by atoms with van der Waals surface area (Å²) in [5, 5.41) is 3.34. The predicted molar refractivity (Wildman–Crippen MR) is 88.8 cm³/mol. The van der Waals surface area contributed by atoms with Crippen molar-refractivity contribution in [3.63, 3.8) is 0 Å². The number of anilines is 1. The van der Waals surface area contributed by atoms with Gasteiger partial charge in [-0.1, -0.05) is 0 Å². The molecule has 1 amide bonds. The van der Waals surface area contributed by atoms with Crippen LogP contribution in [0, 0.1) is 6.92 Å². The van der Waals surface area contributed by atoms with Crippen LogP contribution in [0.4, 0.5) is 5.00 Å². The van der Waals surface area contributed by atoms with Crippen molar-refractivity contribution in [2.24, 2.45) is 0 Å². The largest absolute Gasteiger partial charge is 0.465 e. The van der Waals surface area contributed by atoms with E-state index in [1.165, 1.54) is 24.5 Å². The number of fused-ring (bicyclic) bond motifs is 1. The van der Waals surface area contributed by atoms with Crippen molar-refractivity contribution in [1.82, 2.24) is 0 Å². The van der Waals surface area contributed by atoms with Crippen molar-refractivity contribution in [1.29, 1.82) is 0 Å². The summed E-state index contributed by atoms with van der Waals surface area (Å²) >= 11 is 1.46. The van der Waals surface area contributed by atoms with Crippen molar-refractivity contribution >= 4 is 34.3 Å². The van der Waals surface area contributed by atoms with E-state index >= 15 is 0 Å². The molecule has 2 heterocycles. The van der Waals surface area contributed by atoms with E-state index in [0.717, 1.165) is 35.5 Å². The third-order valence-corrected chi connectivity index (χ3v) is 4.91. The average molecular weight is 331 g/mol. The van der Waals surface area contributed by atoms with E-state index in [2.05, 4.69) is 5.32 Å². The maximum absolute atomic E-state index is 12.1. The van der Waals surface area contributed by atoms with Crippen molar-refractivity contribution in [2.75, 3.05) is 12.4 Å². The summed E-state index contributed by atoms with van der Waals surface area (Å²) in [6.07, 6.45) is 5.83. The highest BCUT2D eigenvalue weighted by molar-refractivity contribution is 7.17. The zero-order chi connectivity index (χ0) is 16.4. The molecule has 0 atom stereocenters. The number of esters is 1. The molecule has 1 N–H and O–H groups in total. The Morgan fingerprint density at radius 1 is 1.35 bits per heavy atom. The fourth-order valence-corrected chi connectivity index (χ4v) is 3.95. The Morgan fingerprint density at radius 2 is 2.17 bits per heavy atom. The van der Waals surface area contributed by atoms with Crippen LogP contribution >= 0.6 is 11.3 Å². The molecule has 6 heteroatoms. The molecule has 2 aromatic rings. The van der Waals surface area contributed by atoms with Crippen molar-refractivity contribution in [2.45, 2.75) is 26.2 Å². The van der Waals surface area contributed by atoms with Crippen LogP contribution in [-0.4, -0.2) is 19.0 Å². The first kappa shape index (κ1) is 15.6. The first-order chi connectivity index (χ1) is 11.1. The zero-order valence-corrected chi connectivity index (χ0v) is 13.8. The van der Waals surface area contributed by atoms with Crippen LogP contribution < -0.4 is 5.32 Å². The van der Waals surface area contributed by atoms with Gasteiger partial charge in [0.05, 0.1) is 12.7 Å². The molecule has 5 nitrogen and oxygen atoms in total. The molecule has 0 aliphatic heterocycles. The molecule has 0 unspecified atom stereocenters. The van der Waals surface area contributed by atoms with Crippen molar-refractivity contribution < 1.29 is 18.7 Å². The highest BCUT2D eigenvalue weighted by Crippen LogP contribution is 2.39. The summed E-state index contributed by atoms with van der Waals surface area (Å²) in [4.78, 5) is 25.3. The molecule has 0 spiro atoms. The third-order valence-electron chi connectivity index (χ3n) is 3.71. The molecule has 3 rings (SSSR count). The van der Waals surface area contributed by atoms with Crippen LogP contribution in [0.1, 0.15) is 38.7 Å². The number of amides is 1. The Hall–Kier alpha value is -2.34. The number of nitrogens with one attached hydrogen (secondary N) is 1. The lowest BCUT2D eigenvalue weighted by molar-refractivity contribution is -0.111. The lowest BCUT2D eigenvalue weighted by Crippen LogP contribution is -2.12. The lowest BCUT2D eigenvalue weighted by atomic mass is 10.1. The van der Waals surface area contributed by atoms with Gasteiger partial charge >= 0.3 is 5.97 Å². The Bertz CT molecular complexity index is 785. The quantitative estimate of drug-likeness (QED) is 0.687. The Balaban J connectivity index is 1.78. The summed E-state index contributed by atoms with van der Waals surface area (Å²) in [6.45, 7) is 1.84. The molecule has 1 aliphatic rings. The summed E-state index contributed by atoms with van der Waals surface area (Å²) in [6, 6.07) is 3.62. The van der Waals surface area contributed by atoms with Gasteiger partial charge < -0.3 is 14.5 Å². The number of thiophene rings is 1. The molecule has 23 heavy (non-hydrogen) atoms. The highest BCUT2D eigenvalue weighted by atomic mass is 32.1. The number of ether oxygens (including phenoxy) is 1. The van der Waals surface area contributed by atoms with Crippen LogP contribution in [0.3, 0.4) is 0 Å². The smallest absolute Gasteiger partial charge is 0.341 e. The maximum Gasteiger partial charge on any atom is 0.341 e. The second kappa shape index (κ2) is 6.42. The van der Waals surface area contributed by atoms with Gasteiger partial charge in [0.25, 0.3) is 0 Å². The summed E-state index contributed by atoms with van der Waals surface area (Å²) in [5.41, 5.74) is 1.52. The van der Waals surface area contributed by atoms with E-state index < -0.39 is 5.97 Å². The molecule has 0 aromatic carbocycles. The minimum atomic E-state index is -0.398. The molecule has 1 aliphatic carbocycles. The fraction of sp³-hybridized carbons (Fsp3) is 0.294. The molecular weight excluding hydrogens is 314 g/mol. The minimum absolute atomic E-state index is 0.302. The number of rotatable bonds is 4. The van der Waals surface area contributed by atoms with Crippen LogP contribution in [0.15, 0.2) is 22.6 Å². The minimum Gasteiger partial charge on any atom is -0.465 e. The normalized spacial score (nSPS) is 13.3. The molecule has 0 radical (unpaired) electrons. The number of carbonyl (C=O) groups is 2. The topological polar surface area (TPSA) is 68.5 Å². The van der Waals surface area contributed by atoms with Gasteiger partial charge in [-0.15, -0.1) is 11.3 Å². The number of hydrogen-bond donors (Lipinski definition) is 1. The van der Waals surface area contributed by atoms with Gasteiger partial charge in [0, 0.05) is 11.0 Å². The summed E-state index contributed by atoms with van der Waals surface area (Å²) in [7, 11) is 1.35. The zero-order valence-electron chi connectivity index (χ0n) is 13.0. The van der Waals surface area contributed by atoms with E-state index in [-0.39, 0.29) is 5.91 Å². The van der Waals surface area contributed by atoms with Gasteiger partial charge in [0.2, 0.25) is 5.91 Å². The van der Waals surface area contributed by atoms with Crippen molar-refractivity contribution in [3.8, 4) is 0 Å². The van der Waals surface area contributed by atoms with Crippen molar-refractivity contribution in [3.05, 3.63) is 45.7 Å². The molecular formula is C17H17NO4S. The molecule has 0 fully saturated rings. The fourth-order valence-electron chi connectivity index (χ4n) is 2.66. The van der Waals surface area contributed by atoms with E-state index in [1.807, 2.05) is 13.0 Å². The predicted octanol–water partition coefficient (Wildman–Crippen LogP) is 3.58.